The molecule has 2 unspecified atom stereocenters. The van der Waals surface area contributed by atoms with Crippen molar-refractivity contribution in [3.8, 4) is 0 Å². The van der Waals surface area contributed by atoms with Crippen LogP contribution >= 0.6 is 11.3 Å². The van der Waals surface area contributed by atoms with Crippen molar-refractivity contribution >= 4 is 11.3 Å². The van der Waals surface area contributed by atoms with Crippen LogP contribution in [0.5, 0.6) is 0 Å². The number of hydrogen-bond acceptors (Lipinski definition) is 2. The Balaban J connectivity index is 1.77. The summed E-state index contributed by atoms with van der Waals surface area (Å²) < 4.78 is 0. The van der Waals surface area contributed by atoms with Crippen molar-refractivity contribution < 1.29 is 0 Å². The third kappa shape index (κ3) is 4.10. The molecule has 0 aromatic carbocycles. The van der Waals surface area contributed by atoms with Crippen LogP contribution in [0.25, 0.3) is 0 Å². The number of rotatable bonds is 5. The first kappa shape index (κ1) is 14.1. The van der Waals surface area contributed by atoms with E-state index < -0.39 is 0 Å². The average molecular weight is 265 g/mol. The number of nitrogens with one attached hydrogen (secondary N) is 1. The number of thiophene rings is 1. The van der Waals surface area contributed by atoms with E-state index in [2.05, 4.69) is 36.8 Å². The van der Waals surface area contributed by atoms with Crippen molar-refractivity contribution in [3.63, 3.8) is 0 Å². The van der Waals surface area contributed by atoms with Crippen LogP contribution in [0.15, 0.2) is 10.8 Å². The van der Waals surface area contributed by atoms with Crippen LogP contribution in [0.4, 0.5) is 0 Å². The van der Waals surface area contributed by atoms with Gasteiger partial charge in [-0.2, -0.15) is 11.3 Å². The van der Waals surface area contributed by atoms with Crippen molar-refractivity contribution in [3.05, 3.63) is 21.9 Å². The lowest BCUT2D eigenvalue weighted by atomic mass is 9.81. The Hall–Kier alpha value is -0.340. The van der Waals surface area contributed by atoms with Gasteiger partial charge in [0.05, 0.1) is 0 Å². The SMILES string of the molecule is Cc1cscc1CNC1CCCC(CC(C)C)C1. The maximum Gasteiger partial charge on any atom is 0.0218 e. The monoisotopic (exact) mass is 265 g/mol. The lowest BCUT2D eigenvalue weighted by Gasteiger charge is -2.31. The van der Waals surface area contributed by atoms with E-state index in [9.17, 15) is 0 Å². The highest BCUT2D eigenvalue weighted by Crippen LogP contribution is 2.29. The predicted octanol–water partition coefficient (Wildman–Crippen LogP) is 4.75. The lowest BCUT2D eigenvalue weighted by molar-refractivity contribution is 0.252. The van der Waals surface area contributed by atoms with Gasteiger partial charge in [0.15, 0.2) is 0 Å². The van der Waals surface area contributed by atoms with Crippen molar-refractivity contribution in [2.24, 2.45) is 11.8 Å². The summed E-state index contributed by atoms with van der Waals surface area (Å²) in [5.41, 5.74) is 2.94. The molecule has 0 spiro atoms. The van der Waals surface area contributed by atoms with Crippen LogP contribution in [-0.2, 0) is 6.54 Å². The summed E-state index contributed by atoms with van der Waals surface area (Å²) in [6.07, 6.45) is 7.04. The van der Waals surface area contributed by atoms with E-state index in [4.69, 9.17) is 0 Å². The van der Waals surface area contributed by atoms with Crippen LogP contribution in [0.1, 0.15) is 57.1 Å². The first-order valence-electron chi connectivity index (χ1n) is 7.40. The Morgan fingerprint density at radius 2 is 2.17 bits per heavy atom. The molecule has 1 aromatic heterocycles. The summed E-state index contributed by atoms with van der Waals surface area (Å²) in [7, 11) is 0. The molecule has 2 rings (SSSR count). The molecule has 0 saturated heterocycles. The fourth-order valence-corrected chi connectivity index (χ4v) is 4.04. The van der Waals surface area contributed by atoms with Gasteiger partial charge in [-0.3, -0.25) is 0 Å². The van der Waals surface area contributed by atoms with Gasteiger partial charge in [0.2, 0.25) is 0 Å². The fourth-order valence-electron chi connectivity index (χ4n) is 3.18. The molecule has 1 aliphatic rings. The van der Waals surface area contributed by atoms with Gasteiger partial charge in [-0.1, -0.05) is 26.7 Å². The molecular formula is C16H27NS. The Morgan fingerprint density at radius 1 is 1.33 bits per heavy atom. The molecule has 2 atom stereocenters. The summed E-state index contributed by atoms with van der Waals surface area (Å²) in [4.78, 5) is 0. The molecule has 2 heteroatoms. The first-order valence-corrected chi connectivity index (χ1v) is 8.34. The highest BCUT2D eigenvalue weighted by atomic mass is 32.1. The highest BCUT2D eigenvalue weighted by Gasteiger charge is 2.22. The normalized spacial score (nSPS) is 24.7. The van der Waals surface area contributed by atoms with Gasteiger partial charge >= 0.3 is 0 Å². The van der Waals surface area contributed by atoms with Crippen LogP contribution in [0.3, 0.4) is 0 Å². The maximum absolute atomic E-state index is 3.77. The third-order valence-corrected chi connectivity index (χ3v) is 5.04. The molecule has 1 fully saturated rings. The average Bonchev–Trinajstić information content (AvgIpc) is 2.72. The summed E-state index contributed by atoms with van der Waals surface area (Å²) in [6.45, 7) is 7.99. The van der Waals surface area contributed by atoms with Crippen molar-refractivity contribution in [1.29, 1.82) is 0 Å². The molecule has 102 valence electrons. The number of hydrogen-bond donors (Lipinski definition) is 1. The molecule has 0 bridgehead atoms. The van der Waals surface area contributed by atoms with Crippen LogP contribution in [0.2, 0.25) is 0 Å². The zero-order valence-electron chi connectivity index (χ0n) is 12.0. The Bertz CT molecular complexity index is 356. The molecule has 1 aliphatic carbocycles. The fraction of sp³-hybridized carbons (Fsp3) is 0.750. The molecule has 1 N–H and O–H groups in total. The molecule has 0 amide bonds. The van der Waals surface area contributed by atoms with Gasteiger partial charge in [-0.15, -0.1) is 0 Å². The summed E-state index contributed by atoms with van der Waals surface area (Å²) in [5.74, 6) is 1.81. The van der Waals surface area contributed by atoms with Gasteiger partial charge < -0.3 is 5.32 Å². The first-order chi connectivity index (χ1) is 8.65. The largest absolute Gasteiger partial charge is 0.310 e. The van der Waals surface area contributed by atoms with Gasteiger partial charge in [0.25, 0.3) is 0 Å². The number of aryl methyl sites for hydroxylation is 1. The van der Waals surface area contributed by atoms with E-state index in [1.54, 1.807) is 0 Å². The van der Waals surface area contributed by atoms with Crippen LogP contribution in [-0.4, -0.2) is 6.04 Å². The van der Waals surface area contributed by atoms with E-state index in [1.807, 2.05) is 11.3 Å². The Kier molecular flexibility index (Phi) is 5.25. The second-order valence-corrected chi connectivity index (χ2v) is 7.06. The minimum atomic E-state index is 0.752. The predicted molar refractivity (Wildman–Crippen MR) is 81.1 cm³/mol. The Morgan fingerprint density at radius 3 is 2.83 bits per heavy atom. The summed E-state index contributed by atoms with van der Waals surface area (Å²) in [6, 6.07) is 0.752. The smallest absolute Gasteiger partial charge is 0.0218 e. The van der Waals surface area contributed by atoms with Crippen LogP contribution in [0, 0.1) is 18.8 Å². The minimum absolute atomic E-state index is 0.752. The van der Waals surface area contributed by atoms with Crippen molar-refractivity contribution in [2.75, 3.05) is 0 Å². The van der Waals surface area contributed by atoms with Gasteiger partial charge in [0, 0.05) is 12.6 Å². The Labute approximate surface area is 116 Å². The molecule has 0 aliphatic heterocycles. The minimum Gasteiger partial charge on any atom is -0.310 e. The maximum atomic E-state index is 3.77. The van der Waals surface area contributed by atoms with E-state index in [1.165, 1.54) is 43.2 Å². The molecule has 1 heterocycles. The zero-order chi connectivity index (χ0) is 13.0. The highest BCUT2D eigenvalue weighted by molar-refractivity contribution is 7.08. The molecule has 1 aromatic rings. The second-order valence-electron chi connectivity index (χ2n) is 6.32. The molecule has 1 nitrogen and oxygen atoms in total. The summed E-state index contributed by atoms with van der Waals surface area (Å²) >= 11 is 1.82. The molecule has 1 saturated carbocycles. The van der Waals surface area contributed by atoms with E-state index in [0.717, 1.165) is 24.4 Å². The van der Waals surface area contributed by atoms with Gasteiger partial charge in [0.1, 0.15) is 0 Å². The summed E-state index contributed by atoms with van der Waals surface area (Å²) in [5, 5.41) is 8.31. The van der Waals surface area contributed by atoms with Crippen molar-refractivity contribution in [2.45, 2.75) is 65.5 Å². The topological polar surface area (TPSA) is 12.0 Å². The quantitative estimate of drug-likeness (QED) is 0.810. The third-order valence-electron chi connectivity index (χ3n) is 4.13. The van der Waals surface area contributed by atoms with E-state index in [0.29, 0.717) is 0 Å². The molecular weight excluding hydrogens is 238 g/mol. The van der Waals surface area contributed by atoms with Crippen molar-refractivity contribution in [1.82, 2.24) is 5.32 Å². The lowest BCUT2D eigenvalue weighted by Crippen LogP contribution is -2.34. The standard InChI is InChI=1S/C16H27NS/c1-12(2)7-14-5-4-6-16(8-14)17-9-15-11-18-10-13(15)3/h10-12,14,16-17H,4-9H2,1-3H3. The van der Waals surface area contributed by atoms with Crippen LogP contribution < -0.4 is 5.32 Å². The second kappa shape index (κ2) is 6.72. The van der Waals surface area contributed by atoms with E-state index >= 15 is 0 Å². The molecule has 18 heavy (non-hydrogen) atoms. The molecule has 0 radical (unpaired) electrons. The van der Waals surface area contributed by atoms with Gasteiger partial charge in [-0.25, -0.2) is 0 Å². The zero-order valence-corrected chi connectivity index (χ0v) is 12.9. The van der Waals surface area contributed by atoms with Gasteiger partial charge in [-0.05, 0) is 59.9 Å². The van der Waals surface area contributed by atoms with E-state index in [-0.39, 0.29) is 0 Å².